The van der Waals surface area contributed by atoms with Crippen LogP contribution in [0.3, 0.4) is 0 Å². The van der Waals surface area contributed by atoms with Crippen LogP contribution in [0.15, 0.2) is 134 Å². The molecule has 0 saturated carbocycles. The number of ether oxygens (including phenoxy) is 4. The van der Waals surface area contributed by atoms with Crippen LogP contribution in [0, 0.1) is 6.92 Å². The number of hydrogen-bond donors (Lipinski definition) is 0. The minimum Gasteiger partial charge on any atom is -0.493 e. The SMILES string of the molecule is COc1cc2ncnc(Cc3cccc(-c4ccccc4)c3C)c2cc1OC.COc1cc2ncnc(Cc3ccnc(-c4ccccc4)c3)c2cc1OC. The molecule has 0 spiro atoms. The molecule has 8 aromatic rings. The van der Waals surface area contributed by atoms with Gasteiger partial charge in [0.25, 0.3) is 0 Å². The Morgan fingerprint density at radius 3 is 1.56 bits per heavy atom. The minimum atomic E-state index is 0.657. The maximum absolute atomic E-state index is 5.47. The lowest BCUT2D eigenvalue weighted by atomic mass is 9.93. The Labute approximate surface area is 320 Å². The van der Waals surface area contributed by atoms with Crippen LogP contribution in [-0.2, 0) is 12.8 Å². The van der Waals surface area contributed by atoms with E-state index in [1.807, 2.05) is 60.8 Å². The van der Waals surface area contributed by atoms with Crippen LogP contribution in [0.25, 0.3) is 44.2 Å². The van der Waals surface area contributed by atoms with E-state index in [1.54, 1.807) is 41.1 Å². The lowest BCUT2D eigenvalue weighted by Gasteiger charge is -2.14. The molecular formula is C46H41N5O4. The van der Waals surface area contributed by atoms with Crippen molar-refractivity contribution in [3.05, 3.63) is 162 Å². The lowest BCUT2D eigenvalue weighted by Crippen LogP contribution is -2.00. The fraction of sp³-hybridized carbons (Fsp3) is 0.152. The molecule has 8 rings (SSSR count). The van der Waals surface area contributed by atoms with Crippen LogP contribution in [0.4, 0.5) is 0 Å². The first-order valence-electron chi connectivity index (χ1n) is 17.8. The monoisotopic (exact) mass is 727 g/mol. The molecule has 0 aliphatic rings. The number of fused-ring (bicyclic) bond motifs is 2. The van der Waals surface area contributed by atoms with Crippen molar-refractivity contribution in [1.29, 1.82) is 0 Å². The van der Waals surface area contributed by atoms with Crippen LogP contribution >= 0.6 is 0 Å². The molecule has 0 atom stereocenters. The second-order valence-corrected chi connectivity index (χ2v) is 12.8. The molecule has 0 unspecified atom stereocenters. The molecule has 0 radical (unpaired) electrons. The van der Waals surface area contributed by atoms with Crippen LogP contribution in [0.1, 0.15) is 28.1 Å². The lowest BCUT2D eigenvalue weighted by molar-refractivity contribution is 0.355. The second kappa shape index (κ2) is 16.9. The highest BCUT2D eigenvalue weighted by Gasteiger charge is 2.15. The average Bonchev–Trinajstić information content (AvgIpc) is 3.24. The summed E-state index contributed by atoms with van der Waals surface area (Å²) in [6.07, 6.45) is 6.44. The fourth-order valence-electron chi connectivity index (χ4n) is 6.68. The Morgan fingerprint density at radius 1 is 0.473 bits per heavy atom. The van der Waals surface area contributed by atoms with Gasteiger partial charge in [-0.25, -0.2) is 19.9 Å². The number of hydrogen-bond acceptors (Lipinski definition) is 9. The first-order chi connectivity index (χ1) is 27.0. The molecular weight excluding hydrogens is 687 g/mol. The summed E-state index contributed by atoms with van der Waals surface area (Å²) in [5.41, 5.74) is 11.7. The summed E-state index contributed by atoms with van der Waals surface area (Å²) in [4.78, 5) is 22.4. The van der Waals surface area contributed by atoms with E-state index in [0.29, 0.717) is 29.4 Å². The van der Waals surface area contributed by atoms with Gasteiger partial charge in [-0.1, -0.05) is 78.9 Å². The Balaban J connectivity index is 0.000000169. The van der Waals surface area contributed by atoms with Crippen LogP contribution in [-0.4, -0.2) is 53.4 Å². The summed E-state index contributed by atoms with van der Waals surface area (Å²) < 4.78 is 21.7. The summed E-state index contributed by atoms with van der Waals surface area (Å²) in [6.45, 7) is 2.17. The van der Waals surface area contributed by atoms with Crippen LogP contribution < -0.4 is 18.9 Å². The van der Waals surface area contributed by atoms with Gasteiger partial charge in [-0.2, -0.15) is 0 Å². The third-order valence-corrected chi connectivity index (χ3v) is 9.60. The quantitative estimate of drug-likeness (QED) is 0.136. The van der Waals surface area contributed by atoms with Crippen molar-refractivity contribution in [2.75, 3.05) is 28.4 Å². The van der Waals surface area contributed by atoms with Crippen LogP contribution in [0.2, 0.25) is 0 Å². The maximum Gasteiger partial charge on any atom is 0.162 e. The zero-order valence-corrected chi connectivity index (χ0v) is 31.5. The molecule has 0 bridgehead atoms. The number of pyridine rings is 1. The number of methoxy groups -OCH3 is 4. The van der Waals surface area contributed by atoms with E-state index < -0.39 is 0 Å². The molecule has 5 aromatic carbocycles. The molecule has 9 heteroatoms. The van der Waals surface area contributed by atoms with Crippen molar-refractivity contribution in [2.24, 2.45) is 0 Å². The molecule has 0 aliphatic heterocycles. The zero-order valence-electron chi connectivity index (χ0n) is 31.5. The van der Waals surface area contributed by atoms with Gasteiger partial charge in [0.1, 0.15) is 12.7 Å². The van der Waals surface area contributed by atoms with Crippen molar-refractivity contribution >= 4 is 21.8 Å². The summed E-state index contributed by atoms with van der Waals surface area (Å²) >= 11 is 0. The summed E-state index contributed by atoms with van der Waals surface area (Å²) in [5, 5.41) is 1.93. The Kier molecular flexibility index (Phi) is 11.2. The molecule has 0 N–H and O–H groups in total. The molecule has 0 aliphatic carbocycles. The largest absolute Gasteiger partial charge is 0.493 e. The molecule has 0 saturated heterocycles. The van der Waals surface area contributed by atoms with Gasteiger partial charge < -0.3 is 18.9 Å². The molecule has 3 aromatic heterocycles. The van der Waals surface area contributed by atoms with E-state index in [-0.39, 0.29) is 0 Å². The number of benzene rings is 5. The predicted molar refractivity (Wildman–Crippen MR) is 217 cm³/mol. The third kappa shape index (κ3) is 8.06. The third-order valence-electron chi connectivity index (χ3n) is 9.60. The summed E-state index contributed by atoms with van der Waals surface area (Å²) in [6, 6.07) is 38.8. The standard InChI is InChI=1S/C24H22N2O2.C22H19N3O2/c1-16-18(10-7-11-19(16)17-8-5-4-6-9-17)12-21-20-13-23(27-2)24(28-3)14-22(20)26-15-25-21;1-26-21-12-17-19(24-14-25-20(17)13-22(21)27-2)11-15-8-9-23-18(10-15)16-6-4-3-5-7-16/h4-11,13-15H,12H2,1-3H3;3-10,12-14H,11H2,1-2H3. The molecule has 3 heterocycles. The zero-order chi connectivity index (χ0) is 38.1. The van der Waals surface area contributed by atoms with Gasteiger partial charge in [0.15, 0.2) is 23.0 Å². The normalized spacial score (nSPS) is 10.8. The Morgan fingerprint density at radius 2 is 1.00 bits per heavy atom. The fourth-order valence-corrected chi connectivity index (χ4v) is 6.68. The van der Waals surface area contributed by atoms with E-state index in [1.165, 1.54) is 22.3 Å². The van der Waals surface area contributed by atoms with Crippen molar-refractivity contribution in [1.82, 2.24) is 24.9 Å². The highest BCUT2D eigenvalue weighted by atomic mass is 16.5. The smallest absolute Gasteiger partial charge is 0.162 e. The first-order valence-corrected chi connectivity index (χ1v) is 17.8. The van der Waals surface area contributed by atoms with Gasteiger partial charge in [-0.15, -0.1) is 0 Å². The molecule has 0 amide bonds. The van der Waals surface area contributed by atoms with Gasteiger partial charge in [-0.05, 0) is 59.0 Å². The van der Waals surface area contributed by atoms with Gasteiger partial charge in [-0.3, -0.25) is 4.98 Å². The van der Waals surface area contributed by atoms with Gasteiger partial charge in [0, 0.05) is 47.5 Å². The molecule has 55 heavy (non-hydrogen) atoms. The highest BCUT2D eigenvalue weighted by molar-refractivity contribution is 5.86. The van der Waals surface area contributed by atoms with E-state index in [9.17, 15) is 0 Å². The number of aromatic nitrogens is 5. The van der Waals surface area contributed by atoms with Gasteiger partial charge in [0.05, 0.1) is 56.6 Å². The predicted octanol–water partition coefficient (Wildman–Crippen LogP) is 9.51. The van der Waals surface area contributed by atoms with Gasteiger partial charge >= 0.3 is 0 Å². The maximum atomic E-state index is 5.47. The van der Waals surface area contributed by atoms with E-state index >= 15 is 0 Å². The average molecular weight is 728 g/mol. The van der Waals surface area contributed by atoms with E-state index in [4.69, 9.17) is 18.9 Å². The highest BCUT2D eigenvalue weighted by Crippen LogP contribution is 2.35. The Hall–Kier alpha value is -6.87. The van der Waals surface area contributed by atoms with E-state index in [2.05, 4.69) is 92.5 Å². The van der Waals surface area contributed by atoms with Crippen molar-refractivity contribution in [2.45, 2.75) is 19.8 Å². The summed E-state index contributed by atoms with van der Waals surface area (Å²) in [7, 11) is 6.51. The Bertz CT molecular complexity index is 2560. The van der Waals surface area contributed by atoms with Crippen molar-refractivity contribution in [3.63, 3.8) is 0 Å². The molecule has 9 nitrogen and oxygen atoms in total. The summed E-state index contributed by atoms with van der Waals surface area (Å²) in [5.74, 6) is 2.67. The van der Waals surface area contributed by atoms with E-state index in [0.717, 1.165) is 56.4 Å². The number of rotatable bonds is 10. The van der Waals surface area contributed by atoms with Crippen molar-refractivity contribution < 1.29 is 18.9 Å². The minimum absolute atomic E-state index is 0.657. The van der Waals surface area contributed by atoms with Crippen molar-refractivity contribution in [3.8, 4) is 45.4 Å². The second-order valence-electron chi connectivity index (χ2n) is 12.8. The van der Waals surface area contributed by atoms with Gasteiger partial charge in [0.2, 0.25) is 0 Å². The molecule has 274 valence electrons. The first kappa shape index (κ1) is 36.5. The van der Waals surface area contributed by atoms with Crippen LogP contribution in [0.5, 0.6) is 23.0 Å². The molecule has 0 fully saturated rings. The topological polar surface area (TPSA) is 101 Å². The number of nitrogens with zero attached hydrogens (tertiary/aromatic N) is 5.